The van der Waals surface area contributed by atoms with Gasteiger partial charge in [-0.15, -0.1) is 11.3 Å². The number of hydrogen-bond donors (Lipinski definition) is 1. The molecule has 7 nitrogen and oxygen atoms in total. The van der Waals surface area contributed by atoms with Crippen LogP contribution in [-0.4, -0.2) is 55.0 Å². The number of amides is 2. The predicted molar refractivity (Wildman–Crippen MR) is 127 cm³/mol. The maximum Gasteiger partial charge on any atom is 0.253 e. The van der Waals surface area contributed by atoms with E-state index in [4.69, 9.17) is 4.74 Å². The van der Waals surface area contributed by atoms with E-state index in [2.05, 4.69) is 15.2 Å². The number of aromatic nitrogens is 1. The number of nitrogens with one attached hydrogen (secondary N) is 1. The smallest absolute Gasteiger partial charge is 0.253 e. The molecule has 1 aliphatic heterocycles. The van der Waals surface area contributed by atoms with E-state index in [1.54, 1.807) is 36.8 Å². The highest BCUT2D eigenvalue weighted by molar-refractivity contribution is 7.10. The summed E-state index contributed by atoms with van der Waals surface area (Å²) in [4.78, 5) is 34.7. The summed E-state index contributed by atoms with van der Waals surface area (Å²) in [5.74, 6) is 1.57. The maximum absolute atomic E-state index is 12.9. The van der Waals surface area contributed by atoms with Gasteiger partial charge in [0, 0.05) is 36.6 Å². The van der Waals surface area contributed by atoms with E-state index >= 15 is 0 Å². The topological polar surface area (TPSA) is 74.8 Å². The van der Waals surface area contributed by atoms with Gasteiger partial charge in [0.05, 0.1) is 25.4 Å². The Kier molecular flexibility index (Phi) is 7.01. The van der Waals surface area contributed by atoms with Gasteiger partial charge in [-0.25, -0.2) is 4.98 Å². The molecule has 8 heteroatoms. The molecule has 32 heavy (non-hydrogen) atoms. The van der Waals surface area contributed by atoms with Crippen LogP contribution >= 0.6 is 11.3 Å². The monoisotopic (exact) mass is 450 g/mol. The molecule has 1 fully saturated rings. The lowest BCUT2D eigenvalue weighted by atomic mass is 10.2. The molecule has 3 heterocycles. The van der Waals surface area contributed by atoms with Crippen LogP contribution in [0.4, 0.5) is 11.5 Å². The normalized spacial score (nSPS) is 14.0. The van der Waals surface area contributed by atoms with Crippen molar-refractivity contribution in [3.8, 4) is 5.75 Å². The molecule has 0 unspecified atom stereocenters. The zero-order valence-corrected chi connectivity index (χ0v) is 18.8. The predicted octanol–water partition coefficient (Wildman–Crippen LogP) is 3.69. The number of pyridine rings is 1. The van der Waals surface area contributed by atoms with Crippen LogP contribution in [0.25, 0.3) is 0 Å². The van der Waals surface area contributed by atoms with E-state index in [1.165, 1.54) is 0 Å². The molecule has 0 aliphatic carbocycles. The number of ether oxygens (including phenoxy) is 1. The van der Waals surface area contributed by atoms with Crippen molar-refractivity contribution in [2.24, 2.45) is 0 Å². The number of carbonyl (C=O) groups is 2. The van der Waals surface area contributed by atoms with E-state index in [1.807, 2.05) is 46.7 Å². The van der Waals surface area contributed by atoms with Crippen molar-refractivity contribution >= 4 is 34.7 Å². The summed E-state index contributed by atoms with van der Waals surface area (Å²) in [5, 5.41) is 4.86. The molecule has 0 radical (unpaired) electrons. The molecule has 0 spiro atoms. The summed E-state index contributed by atoms with van der Waals surface area (Å²) >= 11 is 1.57. The minimum atomic E-state index is -0.0514. The van der Waals surface area contributed by atoms with Crippen LogP contribution in [0, 0.1) is 0 Å². The Balaban J connectivity index is 1.32. The second-order valence-electron chi connectivity index (χ2n) is 7.57. The Morgan fingerprint density at radius 2 is 1.91 bits per heavy atom. The number of rotatable bonds is 6. The minimum Gasteiger partial charge on any atom is -0.497 e. The van der Waals surface area contributed by atoms with Gasteiger partial charge in [0.2, 0.25) is 5.91 Å². The fourth-order valence-corrected chi connectivity index (χ4v) is 4.39. The number of thiophene rings is 1. The highest BCUT2D eigenvalue weighted by atomic mass is 32.1. The van der Waals surface area contributed by atoms with Gasteiger partial charge in [0.1, 0.15) is 11.6 Å². The molecule has 1 saturated heterocycles. The van der Waals surface area contributed by atoms with Crippen LogP contribution in [0.1, 0.15) is 21.7 Å². The van der Waals surface area contributed by atoms with Crippen molar-refractivity contribution < 1.29 is 14.3 Å². The number of nitrogens with zero attached hydrogens (tertiary/aromatic N) is 3. The largest absolute Gasteiger partial charge is 0.497 e. The Morgan fingerprint density at radius 3 is 2.59 bits per heavy atom. The Morgan fingerprint density at radius 1 is 1.06 bits per heavy atom. The van der Waals surface area contributed by atoms with Gasteiger partial charge < -0.3 is 19.9 Å². The third-order valence-electron chi connectivity index (χ3n) is 5.39. The molecule has 0 atom stereocenters. The van der Waals surface area contributed by atoms with Crippen LogP contribution in [0.15, 0.2) is 60.1 Å². The standard InChI is InChI=1S/C24H26N4O3S/c1-31-20-8-5-18(6-9-20)24(30)28-12-3-11-27(13-14-28)22-10-7-19(17-25-22)26-23(29)16-21-4-2-15-32-21/h2,4-10,15,17H,3,11-14,16H2,1H3,(H,26,29). The van der Waals surface area contributed by atoms with Crippen molar-refractivity contribution in [2.75, 3.05) is 43.5 Å². The molecule has 1 aliphatic rings. The zero-order valence-electron chi connectivity index (χ0n) is 18.0. The first-order valence-electron chi connectivity index (χ1n) is 10.6. The van der Waals surface area contributed by atoms with Gasteiger partial charge in [-0.05, 0) is 54.3 Å². The van der Waals surface area contributed by atoms with Crippen LogP contribution < -0.4 is 15.0 Å². The summed E-state index contributed by atoms with van der Waals surface area (Å²) in [7, 11) is 1.61. The molecule has 3 aromatic rings. The van der Waals surface area contributed by atoms with Crippen molar-refractivity contribution in [2.45, 2.75) is 12.8 Å². The third kappa shape index (κ3) is 5.45. The first-order valence-corrected chi connectivity index (χ1v) is 11.5. The van der Waals surface area contributed by atoms with E-state index in [0.717, 1.165) is 29.4 Å². The number of anilines is 2. The van der Waals surface area contributed by atoms with Crippen LogP contribution in [0.2, 0.25) is 0 Å². The zero-order chi connectivity index (χ0) is 22.3. The van der Waals surface area contributed by atoms with Gasteiger partial charge >= 0.3 is 0 Å². The molecule has 1 aromatic carbocycles. The van der Waals surface area contributed by atoms with E-state index in [-0.39, 0.29) is 11.8 Å². The van der Waals surface area contributed by atoms with E-state index < -0.39 is 0 Å². The van der Waals surface area contributed by atoms with E-state index in [0.29, 0.717) is 37.3 Å². The molecule has 2 amide bonds. The van der Waals surface area contributed by atoms with Crippen molar-refractivity contribution in [1.82, 2.24) is 9.88 Å². The second kappa shape index (κ2) is 10.3. The Bertz CT molecular complexity index is 1040. The molecule has 0 bridgehead atoms. The highest BCUT2D eigenvalue weighted by Gasteiger charge is 2.21. The van der Waals surface area contributed by atoms with Gasteiger partial charge in [-0.2, -0.15) is 0 Å². The minimum absolute atomic E-state index is 0.0336. The first-order chi connectivity index (χ1) is 15.6. The molecule has 2 aromatic heterocycles. The van der Waals surface area contributed by atoms with Crippen LogP contribution in [-0.2, 0) is 11.2 Å². The number of benzene rings is 1. The van der Waals surface area contributed by atoms with Gasteiger partial charge in [0.25, 0.3) is 5.91 Å². The Hall–Kier alpha value is -3.39. The molecule has 4 rings (SSSR count). The number of carbonyl (C=O) groups excluding carboxylic acids is 2. The lowest BCUT2D eigenvalue weighted by Crippen LogP contribution is -2.35. The molecule has 0 saturated carbocycles. The summed E-state index contributed by atoms with van der Waals surface area (Å²) in [5.41, 5.74) is 1.35. The molecular formula is C24H26N4O3S. The lowest BCUT2D eigenvalue weighted by molar-refractivity contribution is -0.115. The molecule has 166 valence electrons. The quantitative estimate of drug-likeness (QED) is 0.620. The first kappa shape index (κ1) is 21.8. The van der Waals surface area contributed by atoms with Crippen molar-refractivity contribution in [3.05, 3.63) is 70.5 Å². The average molecular weight is 451 g/mol. The van der Waals surface area contributed by atoms with Crippen LogP contribution in [0.5, 0.6) is 5.75 Å². The maximum atomic E-state index is 12.9. The van der Waals surface area contributed by atoms with Crippen molar-refractivity contribution in [3.63, 3.8) is 0 Å². The van der Waals surface area contributed by atoms with Gasteiger partial charge in [0.15, 0.2) is 0 Å². The summed E-state index contributed by atoms with van der Waals surface area (Å²) in [6.07, 6.45) is 2.92. The van der Waals surface area contributed by atoms with Gasteiger partial charge in [-0.1, -0.05) is 6.07 Å². The average Bonchev–Trinajstić information content (AvgIpc) is 3.20. The van der Waals surface area contributed by atoms with Gasteiger partial charge in [-0.3, -0.25) is 9.59 Å². The Labute approximate surface area is 191 Å². The number of methoxy groups -OCH3 is 1. The lowest BCUT2D eigenvalue weighted by Gasteiger charge is -2.23. The fraction of sp³-hybridized carbons (Fsp3) is 0.292. The van der Waals surface area contributed by atoms with Crippen molar-refractivity contribution in [1.29, 1.82) is 0 Å². The molecule has 1 N–H and O–H groups in total. The number of hydrogen-bond acceptors (Lipinski definition) is 6. The summed E-state index contributed by atoms with van der Waals surface area (Å²) in [6.45, 7) is 2.87. The highest BCUT2D eigenvalue weighted by Crippen LogP contribution is 2.19. The molecular weight excluding hydrogens is 424 g/mol. The SMILES string of the molecule is COc1ccc(C(=O)N2CCCN(c3ccc(NC(=O)Cc4cccs4)cn3)CC2)cc1. The summed E-state index contributed by atoms with van der Waals surface area (Å²) in [6, 6.07) is 14.9. The summed E-state index contributed by atoms with van der Waals surface area (Å²) < 4.78 is 5.17. The third-order valence-corrected chi connectivity index (χ3v) is 6.27. The van der Waals surface area contributed by atoms with Crippen LogP contribution in [0.3, 0.4) is 0 Å². The second-order valence-corrected chi connectivity index (χ2v) is 8.60. The van der Waals surface area contributed by atoms with E-state index in [9.17, 15) is 9.59 Å². The fourth-order valence-electron chi connectivity index (χ4n) is 3.69.